The Labute approximate surface area is 148 Å². The number of anilines is 1. The van der Waals surface area contributed by atoms with Crippen LogP contribution in [0.5, 0.6) is 0 Å². The summed E-state index contributed by atoms with van der Waals surface area (Å²) in [6.45, 7) is 2.12. The van der Waals surface area contributed by atoms with Gasteiger partial charge in [0.15, 0.2) is 0 Å². The molecule has 1 N–H and O–H groups in total. The molecule has 0 spiro atoms. The van der Waals surface area contributed by atoms with Crippen LogP contribution in [0.15, 0.2) is 39.7 Å². The molecule has 0 bridgehead atoms. The highest BCUT2D eigenvalue weighted by Crippen LogP contribution is 2.18. The van der Waals surface area contributed by atoms with Gasteiger partial charge >= 0.3 is 0 Å². The van der Waals surface area contributed by atoms with Crippen LogP contribution in [-0.4, -0.2) is 27.1 Å². The third-order valence-electron chi connectivity index (χ3n) is 4.13. The normalized spacial score (nSPS) is 14.2. The van der Waals surface area contributed by atoms with Crippen molar-refractivity contribution in [3.8, 4) is 0 Å². The van der Waals surface area contributed by atoms with Gasteiger partial charge in [-0.25, -0.2) is 4.68 Å². The average molecular weight is 391 g/mol. The van der Waals surface area contributed by atoms with Gasteiger partial charge in [0.05, 0.1) is 11.9 Å². The Morgan fingerprint density at radius 2 is 1.92 bits per heavy atom. The van der Waals surface area contributed by atoms with Crippen LogP contribution in [0.1, 0.15) is 24.0 Å². The molecule has 0 radical (unpaired) electrons. The van der Waals surface area contributed by atoms with Crippen molar-refractivity contribution in [3.05, 3.63) is 56.4 Å². The molecule has 2 heterocycles. The Hall–Kier alpha value is -2.15. The first-order valence-electron chi connectivity index (χ1n) is 7.86. The monoisotopic (exact) mass is 390 g/mol. The van der Waals surface area contributed by atoms with E-state index in [-0.39, 0.29) is 11.5 Å². The van der Waals surface area contributed by atoms with Gasteiger partial charge in [-0.05, 0) is 33.5 Å². The molecular formula is C17H19BrN4O2. The lowest BCUT2D eigenvalue weighted by Crippen LogP contribution is -2.23. The van der Waals surface area contributed by atoms with Crippen molar-refractivity contribution in [1.82, 2.24) is 14.7 Å². The van der Waals surface area contributed by atoms with Gasteiger partial charge in [0.2, 0.25) is 5.91 Å². The maximum atomic E-state index is 11.8. The average Bonchev–Trinajstić information content (AvgIpc) is 2.98. The van der Waals surface area contributed by atoms with Crippen LogP contribution in [0.3, 0.4) is 0 Å². The number of amides is 1. The molecule has 24 heavy (non-hydrogen) atoms. The molecule has 0 atom stereocenters. The van der Waals surface area contributed by atoms with E-state index in [0.29, 0.717) is 29.7 Å². The molecule has 6 nitrogen and oxygen atoms in total. The third-order valence-corrected chi connectivity index (χ3v) is 4.90. The highest BCUT2D eigenvalue weighted by Gasteiger charge is 2.19. The molecule has 1 aromatic heterocycles. The lowest BCUT2D eigenvalue weighted by Gasteiger charge is -2.15. The number of aromatic nitrogens is 2. The number of nitrogens with zero attached hydrogens (tertiary/aromatic N) is 3. The van der Waals surface area contributed by atoms with Crippen LogP contribution in [0, 0.1) is 0 Å². The summed E-state index contributed by atoms with van der Waals surface area (Å²) in [4.78, 5) is 25.4. The molecule has 1 aliphatic rings. The fourth-order valence-corrected chi connectivity index (χ4v) is 3.18. The predicted octanol–water partition coefficient (Wildman–Crippen LogP) is 2.28. The number of hydrogen-bond acceptors (Lipinski definition) is 4. The van der Waals surface area contributed by atoms with Gasteiger partial charge in [-0.15, -0.1) is 0 Å². The summed E-state index contributed by atoms with van der Waals surface area (Å²) >= 11 is 3.30. The van der Waals surface area contributed by atoms with Gasteiger partial charge in [0.1, 0.15) is 4.47 Å². The number of carbonyl (C=O) groups is 1. The van der Waals surface area contributed by atoms with Crippen LogP contribution in [0.25, 0.3) is 0 Å². The minimum atomic E-state index is -0.175. The topological polar surface area (TPSA) is 67.2 Å². The van der Waals surface area contributed by atoms with Crippen molar-refractivity contribution < 1.29 is 4.79 Å². The van der Waals surface area contributed by atoms with Gasteiger partial charge < -0.3 is 10.2 Å². The first kappa shape index (κ1) is 16.7. The quantitative estimate of drug-likeness (QED) is 0.850. The molecule has 1 amide bonds. The second kappa shape index (κ2) is 7.17. The van der Waals surface area contributed by atoms with Gasteiger partial charge in [-0.2, -0.15) is 5.10 Å². The second-order valence-corrected chi connectivity index (χ2v) is 6.68. The molecule has 1 aliphatic heterocycles. The summed E-state index contributed by atoms with van der Waals surface area (Å²) in [7, 11) is 1.61. The minimum absolute atomic E-state index is 0.175. The summed E-state index contributed by atoms with van der Waals surface area (Å²) in [5, 5.41) is 7.21. The van der Waals surface area contributed by atoms with Crippen LogP contribution < -0.4 is 10.9 Å². The zero-order valence-corrected chi connectivity index (χ0v) is 15.0. The molecule has 1 aromatic carbocycles. The largest absolute Gasteiger partial charge is 0.379 e. The number of carbonyl (C=O) groups excluding carboxylic acids is 1. The molecule has 2 aromatic rings. The lowest BCUT2D eigenvalue weighted by molar-refractivity contribution is -0.128. The zero-order chi connectivity index (χ0) is 17.1. The summed E-state index contributed by atoms with van der Waals surface area (Å²) < 4.78 is 1.76. The number of rotatable bonds is 5. The van der Waals surface area contributed by atoms with Crippen molar-refractivity contribution in [2.45, 2.75) is 25.9 Å². The molecule has 3 rings (SSSR count). The summed E-state index contributed by atoms with van der Waals surface area (Å²) in [5.41, 5.74) is 2.72. The number of halogens is 1. The SMILES string of the molecule is Cn1ncc(NCc2ccc(CN3CCCC3=O)cc2)c(Br)c1=O. The van der Waals surface area contributed by atoms with E-state index in [4.69, 9.17) is 0 Å². The van der Waals surface area contributed by atoms with Crippen LogP contribution >= 0.6 is 15.9 Å². The minimum Gasteiger partial charge on any atom is -0.379 e. The van der Waals surface area contributed by atoms with Crippen molar-refractivity contribution in [2.24, 2.45) is 7.05 Å². The number of aryl methyl sites for hydroxylation is 1. The highest BCUT2D eigenvalue weighted by molar-refractivity contribution is 9.10. The number of nitrogens with one attached hydrogen (secondary N) is 1. The van der Waals surface area contributed by atoms with E-state index in [1.165, 1.54) is 4.68 Å². The number of likely N-dealkylation sites (tertiary alicyclic amines) is 1. The standard InChI is InChI=1S/C17H19BrN4O2/c1-21-17(24)16(18)14(10-20-21)19-9-12-4-6-13(7-5-12)11-22-8-2-3-15(22)23/h4-7,10,19H,2-3,8-9,11H2,1H3. The molecule has 0 unspecified atom stereocenters. The Morgan fingerprint density at radius 1 is 1.21 bits per heavy atom. The highest BCUT2D eigenvalue weighted by atomic mass is 79.9. The zero-order valence-electron chi connectivity index (χ0n) is 13.5. The fraction of sp³-hybridized carbons (Fsp3) is 0.353. The fourth-order valence-electron chi connectivity index (χ4n) is 2.69. The van der Waals surface area contributed by atoms with Crippen LogP contribution in [-0.2, 0) is 24.9 Å². The number of benzene rings is 1. The summed E-state index contributed by atoms with van der Waals surface area (Å²) in [5.74, 6) is 0.240. The molecule has 7 heteroatoms. The van der Waals surface area contributed by atoms with Gasteiger partial charge in [0, 0.05) is 33.1 Å². The molecule has 126 valence electrons. The lowest BCUT2D eigenvalue weighted by atomic mass is 10.1. The van der Waals surface area contributed by atoms with Gasteiger partial charge in [-0.3, -0.25) is 9.59 Å². The van der Waals surface area contributed by atoms with Crippen molar-refractivity contribution in [1.29, 1.82) is 0 Å². The molecule has 0 aliphatic carbocycles. The Morgan fingerprint density at radius 3 is 2.58 bits per heavy atom. The molecule has 0 saturated carbocycles. The van der Waals surface area contributed by atoms with Crippen molar-refractivity contribution >= 4 is 27.5 Å². The van der Waals surface area contributed by atoms with E-state index in [2.05, 4.69) is 26.3 Å². The smallest absolute Gasteiger partial charge is 0.282 e. The van der Waals surface area contributed by atoms with E-state index in [1.807, 2.05) is 29.2 Å². The Kier molecular flexibility index (Phi) is 4.99. The maximum absolute atomic E-state index is 11.8. The predicted molar refractivity (Wildman–Crippen MR) is 95.6 cm³/mol. The van der Waals surface area contributed by atoms with E-state index >= 15 is 0 Å². The summed E-state index contributed by atoms with van der Waals surface area (Å²) in [6, 6.07) is 8.15. The van der Waals surface area contributed by atoms with E-state index in [1.54, 1.807) is 13.2 Å². The third kappa shape index (κ3) is 3.67. The Bertz CT molecular complexity index is 801. The van der Waals surface area contributed by atoms with Gasteiger partial charge in [-0.1, -0.05) is 24.3 Å². The van der Waals surface area contributed by atoms with Crippen molar-refractivity contribution in [3.63, 3.8) is 0 Å². The van der Waals surface area contributed by atoms with Crippen LogP contribution in [0.2, 0.25) is 0 Å². The van der Waals surface area contributed by atoms with Gasteiger partial charge in [0.25, 0.3) is 5.56 Å². The second-order valence-electron chi connectivity index (χ2n) is 5.89. The maximum Gasteiger partial charge on any atom is 0.282 e. The van der Waals surface area contributed by atoms with Crippen LogP contribution in [0.4, 0.5) is 5.69 Å². The molecular weight excluding hydrogens is 372 g/mol. The first-order chi connectivity index (χ1) is 11.5. The van der Waals surface area contributed by atoms with E-state index in [9.17, 15) is 9.59 Å². The number of hydrogen-bond donors (Lipinski definition) is 1. The molecule has 1 fully saturated rings. The molecule has 1 saturated heterocycles. The van der Waals surface area contributed by atoms with E-state index < -0.39 is 0 Å². The van der Waals surface area contributed by atoms with E-state index in [0.717, 1.165) is 24.1 Å². The first-order valence-corrected chi connectivity index (χ1v) is 8.65. The Balaban J connectivity index is 1.61. The van der Waals surface area contributed by atoms with Crippen molar-refractivity contribution in [2.75, 3.05) is 11.9 Å². The summed E-state index contributed by atoms with van der Waals surface area (Å²) in [6.07, 6.45) is 3.25.